The van der Waals surface area contributed by atoms with Gasteiger partial charge in [-0.25, -0.2) is 0 Å². The summed E-state index contributed by atoms with van der Waals surface area (Å²) in [6.45, 7) is 2.60. The highest BCUT2D eigenvalue weighted by Gasteiger charge is 2.17. The molecule has 0 atom stereocenters. The first-order valence-corrected chi connectivity index (χ1v) is 7.55. The fourth-order valence-corrected chi connectivity index (χ4v) is 2.87. The lowest BCUT2D eigenvalue weighted by Gasteiger charge is -2.13. The highest BCUT2D eigenvalue weighted by atomic mass is 16.5. The topological polar surface area (TPSA) is 26.3 Å². The Bertz CT molecular complexity index is 403. The summed E-state index contributed by atoms with van der Waals surface area (Å²) in [5, 5.41) is 0. The van der Waals surface area contributed by atoms with Crippen molar-refractivity contribution in [3.8, 4) is 5.75 Å². The summed E-state index contributed by atoms with van der Waals surface area (Å²) in [6, 6.07) is 7.60. The number of ketones is 1. The van der Waals surface area contributed by atoms with Crippen molar-refractivity contribution in [3.05, 3.63) is 29.8 Å². The predicted octanol–water partition coefficient (Wildman–Crippen LogP) is 4.63. The van der Waals surface area contributed by atoms with Crippen LogP contribution in [0, 0.1) is 5.92 Å². The van der Waals surface area contributed by atoms with Gasteiger partial charge >= 0.3 is 0 Å². The van der Waals surface area contributed by atoms with E-state index in [1.54, 1.807) is 0 Å². The van der Waals surface area contributed by atoms with Crippen LogP contribution in [0.2, 0.25) is 0 Å². The molecule has 0 amide bonds. The van der Waals surface area contributed by atoms with Gasteiger partial charge in [-0.05, 0) is 25.0 Å². The second-order valence-corrected chi connectivity index (χ2v) is 5.45. The number of rotatable bonds is 5. The summed E-state index contributed by atoms with van der Waals surface area (Å²) < 4.78 is 5.45. The molecule has 0 unspecified atom stereocenters. The fourth-order valence-electron chi connectivity index (χ4n) is 2.87. The van der Waals surface area contributed by atoms with Crippen molar-refractivity contribution in [2.24, 2.45) is 5.92 Å². The number of carbonyl (C=O) groups excluding carboxylic acids is 1. The van der Waals surface area contributed by atoms with Crippen molar-refractivity contribution in [1.29, 1.82) is 0 Å². The average molecular weight is 260 g/mol. The van der Waals surface area contributed by atoms with Gasteiger partial charge in [-0.15, -0.1) is 0 Å². The smallest absolute Gasteiger partial charge is 0.163 e. The van der Waals surface area contributed by atoms with Crippen LogP contribution in [-0.4, -0.2) is 12.4 Å². The third-order valence-corrected chi connectivity index (χ3v) is 3.92. The van der Waals surface area contributed by atoms with E-state index in [4.69, 9.17) is 4.74 Å². The Morgan fingerprint density at radius 3 is 2.63 bits per heavy atom. The summed E-state index contributed by atoms with van der Waals surface area (Å²) >= 11 is 0. The maximum atomic E-state index is 12.3. The van der Waals surface area contributed by atoms with Crippen LogP contribution in [-0.2, 0) is 0 Å². The van der Waals surface area contributed by atoms with E-state index in [1.807, 2.05) is 31.2 Å². The molecule has 1 aliphatic rings. The van der Waals surface area contributed by atoms with E-state index in [2.05, 4.69) is 0 Å². The van der Waals surface area contributed by atoms with Crippen molar-refractivity contribution in [1.82, 2.24) is 0 Å². The molecule has 0 radical (unpaired) electrons. The minimum atomic E-state index is 0.272. The molecule has 1 saturated carbocycles. The predicted molar refractivity (Wildman–Crippen MR) is 77.8 cm³/mol. The van der Waals surface area contributed by atoms with Crippen molar-refractivity contribution in [3.63, 3.8) is 0 Å². The Hall–Kier alpha value is -1.31. The Morgan fingerprint density at radius 2 is 1.95 bits per heavy atom. The highest BCUT2D eigenvalue weighted by Crippen LogP contribution is 2.27. The third kappa shape index (κ3) is 4.38. The molecule has 1 fully saturated rings. The SMILES string of the molecule is CCOc1cccc(C(=O)CC2CCCCCC2)c1. The van der Waals surface area contributed by atoms with Crippen molar-refractivity contribution in [2.75, 3.05) is 6.61 Å². The first kappa shape index (κ1) is 14.1. The number of hydrogen-bond acceptors (Lipinski definition) is 2. The van der Waals surface area contributed by atoms with Crippen molar-refractivity contribution in [2.45, 2.75) is 51.9 Å². The molecule has 0 bridgehead atoms. The molecule has 104 valence electrons. The number of benzene rings is 1. The summed E-state index contributed by atoms with van der Waals surface area (Å²) in [5.41, 5.74) is 0.801. The standard InChI is InChI=1S/C17H24O2/c1-2-19-16-11-7-10-15(13-16)17(18)12-14-8-5-3-4-6-9-14/h7,10-11,13-14H,2-6,8-9,12H2,1H3. The summed E-state index contributed by atoms with van der Waals surface area (Å²) in [6.07, 6.45) is 8.40. The maximum Gasteiger partial charge on any atom is 0.163 e. The molecule has 0 spiro atoms. The first-order valence-electron chi connectivity index (χ1n) is 7.55. The van der Waals surface area contributed by atoms with Crippen LogP contribution in [0.15, 0.2) is 24.3 Å². The van der Waals surface area contributed by atoms with Crippen LogP contribution in [0.5, 0.6) is 5.75 Å². The third-order valence-electron chi connectivity index (χ3n) is 3.92. The quantitative estimate of drug-likeness (QED) is 0.570. The minimum absolute atomic E-state index is 0.272. The molecular formula is C17H24O2. The van der Waals surface area contributed by atoms with E-state index < -0.39 is 0 Å². The Morgan fingerprint density at radius 1 is 1.21 bits per heavy atom. The van der Waals surface area contributed by atoms with Crippen LogP contribution in [0.25, 0.3) is 0 Å². The molecule has 1 aromatic carbocycles. The lowest BCUT2D eigenvalue weighted by Crippen LogP contribution is -2.08. The Kier molecular flexibility index (Phi) is 5.44. The monoisotopic (exact) mass is 260 g/mol. The van der Waals surface area contributed by atoms with Crippen LogP contribution < -0.4 is 4.74 Å². The zero-order chi connectivity index (χ0) is 13.5. The first-order chi connectivity index (χ1) is 9.29. The molecule has 0 heterocycles. The average Bonchev–Trinajstić information content (AvgIpc) is 2.68. The molecule has 0 N–H and O–H groups in total. The Balaban J connectivity index is 1.96. The lowest BCUT2D eigenvalue weighted by molar-refractivity contribution is 0.0956. The number of Topliss-reactive ketones (excluding diaryl/α,β-unsaturated/α-hetero) is 1. The molecule has 0 saturated heterocycles. The van der Waals surface area contributed by atoms with Gasteiger partial charge in [0.25, 0.3) is 0 Å². The summed E-state index contributed by atoms with van der Waals surface area (Å²) in [7, 11) is 0. The fraction of sp³-hybridized carbons (Fsp3) is 0.588. The van der Waals surface area contributed by atoms with Crippen molar-refractivity contribution >= 4 is 5.78 Å². The minimum Gasteiger partial charge on any atom is -0.494 e. The molecule has 2 heteroatoms. The van der Waals surface area contributed by atoms with Crippen molar-refractivity contribution < 1.29 is 9.53 Å². The molecule has 0 aliphatic heterocycles. The number of carbonyl (C=O) groups is 1. The van der Waals surface area contributed by atoms with E-state index in [0.29, 0.717) is 18.9 Å². The van der Waals surface area contributed by atoms with Crippen LogP contribution in [0.4, 0.5) is 0 Å². The summed E-state index contributed by atoms with van der Waals surface area (Å²) in [4.78, 5) is 12.3. The van der Waals surface area contributed by atoms with Crippen LogP contribution in [0.1, 0.15) is 62.2 Å². The number of hydrogen-bond donors (Lipinski definition) is 0. The zero-order valence-electron chi connectivity index (χ0n) is 11.9. The van der Waals surface area contributed by atoms with Gasteiger partial charge in [0, 0.05) is 12.0 Å². The lowest BCUT2D eigenvalue weighted by atomic mass is 9.92. The van der Waals surface area contributed by atoms with E-state index in [0.717, 1.165) is 11.3 Å². The molecule has 2 rings (SSSR count). The summed E-state index contributed by atoms with van der Waals surface area (Å²) in [5.74, 6) is 1.66. The molecular weight excluding hydrogens is 236 g/mol. The van der Waals surface area contributed by atoms with Gasteiger partial charge < -0.3 is 4.74 Å². The van der Waals surface area contributed by atoms with E-state index in [1.165, 1.54) is 38.5 Å². The largest absolute Gasteiger partial charge is 0.494 e. The zero-order valence-corrected chi connectivity index (χ0v) is 11.9. The van der Waals surface area contributed by atoms with E-state index >= 15 is 0 Å². The Labute approximate surface area is 116 Å². The van der Waals surface area contributed by atoms with E-state index in [-0.39, 0.29) is 5.78 Å². The second-order valence-electron chi connectivity index (χ2n) is 5.45. The van der Waals surface area contributed by atoms with Gasteiger partial charge in [0.1, 0.15) is 5.75 Å². The van der Waals surface area contributed by atoms with Gasteiger partial charge in [0.2, 0.25) is 0 Å². The molecule has 2 nitrogen and oxygen atoms in total. The van der Waals surface area contributed by atoms with Gasteiger partial charge in [-0.1, -0.05) is 50.7 Å². The van der Waals surface area contributed by atoms with Gasteiger partial charge in [-0.3, -0.25) is 4.79 Å². The molecule has 0 aromatic heterocycles. The second kappa shape index (κ2) is 7.32. The van der Waals surface area contributed by atoms with Gasteiger partial charge in [-0.2, -0.15) is 0 Å². The highest BCUT2D eigenvalue weighted by molar-refractivity contribution is 5.96. The molecule has 1 aromatic rings. The molecule has 1 aliphatic carbocycles. The van der Waals surface area contributed by atoms with Crippen LogP contribution in [0.3, 0.4) is 0 Å². The maximum absolute atomic E-state index is 12.3. The molecule has 19 heavy (non-hydrogen) atoms. The van der Waals surface area contributed by atoms with Gasteiger partial charge in [0.05, 0.1) is 6.61 Å². The number of ether oxygens (including phenoxy) is 1. The van der Waals surface area contributed by atoms with E-state index in [9.17, 15) is 4.79 Å². The normalized spacial score (nSPS) is 16.9. The van der Waals surface area contributed by atoms with Gasteiger partial charge in [0.15, 0.2) is 5.78 Å². The van der Waals surface area contributed by atoms with Crippen LogP contribution >= 0.6 is 0 Å².